The number of thioether (sulfide) groups is 1. The van der Waals surface area contributed by atoms with Gasteiger partial charge in [0.2, 0.25) is 10.0 Å². The van der Waals surface area contributed by atoms with Crippen molar-refractivity contribution in [3.63, 3.8) is 0 Å². The molecule has 0 saturated carbocycles. The monoisotopic (exact) mass is 292 g/mol. The summed E-state index contributed by atoms with van der Waals surface area (Å²) in [6.07, 6.45) is 2.72. The van der Waals surface area contributed by atoms with E-state index in [0.717, 1.165) is 18.2 Å². The summed E-state index contributed by atoms with van der Waals surface area (Å²) in [4.78, 5) is 0.0495. The summed E-state index contributed by atoms with van der Waals surface area (Å²) < 4.78 is 39.5. The molecule has 102 valence electrons. The number of hydrogen-bond acceptors (Lipinski definition) is 4. The molecule has 3 N–H and O–H groups in total. The van der Waals surface area contributed by atoms with E-state index in [1.807, 2.05) is 6.26 Å². The van der Waals surface area contributed by atoms with Crippen molar-refractivity contribution in [2.75, 3.05) is 18.6 Å². The van der Waals surface area contributed by atoms with Crippen molar-refractivity contribution in [1.82, 2.24) is 4.72 Å². The fraction of sp³-hybridized carbons (Fsp3) is 0.455. The number of hydrogen-bond donors (Lipinski definition) is 2. The normalized spacial score (nSPS) is 11.7. The van der Waals surface area contributed by atoms with Crippen LogP contribution in [0.15, 0.2) is 23.1 Å². The maximum atomic E-state index is 13.2. The molecule has 1 aromatic rings. The third-order valence-electron chi connectivity index (χ3n) is 2.36. The van der Waals surface area contributed by atoms with Gasteiger partial charge in [0.25, 0.3) is 0 Å². The van der Waals surface area contributed by atoms with Crippen LogP contribution in [-0.2, 0) is 16.6 Å². The fourth-order valence-corrected chi connectivity index (χ4v) is 2.94. The van der Waals surface area contributed by atoms with E-state index in [0.29, 0.717) is 6.54 Å². The maximum Gasteiger partial charge on any atom is 0.240 e. The highest BCUT2D eigenvalue weighted by Gasteiger charge is 2.15. The Bertz CT molecular complexity index is 492. The minimum atomic E-state index is -3.57. The Labute approximate surface area is 111 Å². The van der Waals surface area contributed by atoms with Crippen molar-refractivity contribution in [3.05, 3.63) is 29.6 Å². The maximum absolute atomic E-state index is 13.2. The molecule has 0 saturated heterocycles. The molecule has 0 aliphatic rings. The van der Waals surface area contributed by atoms with Gasteiger partial charge in [-0.1, -0.05) is 0 Å². The number of rotatable bonds is 7. The van der Waals surface area contributed by atoms with Crippen LogP contribution in [0.5, 0.6) is 0 Å². The van der Waals surface area contributed by atoms with E-state index in [4.69, 9.17) is 5.73 Å². The highest BCUT2D eigenvalue weighted by molar-refractivity contribution is 7.98. The van der Waals surface area contributed by atoms with Crippen LogP contribution in [0.4, 0.5) is 4.39 Å². The Morgan fingerprint density at radius 3 is 2.78 bits per heavy atom. The SMILES string of the molecule is CSCCCNS(=O)(=O)c1ccc(F)c(CN)c1. The summed E-state index contributed by atoms with van der Waals surface area (Å²) in [5.41, 5.74) is 5.54. The molecule has 0 aromatic heterocycles. The number of nitrogens with one attached hydrogen (secondary N) is 1. The summed E-state index contributed by atoms with van der Waals surface area (Å²) in [5, 5.41) is 0. The second-order valence-electron chi connectivity index (χ2n) is 3.70. The van der Waals surface area contributed by atoms with Crippen LogP contribution >= 0.6 is 11.8 Å². The van der Waals surface area contributed by atoms with E-state index in [1.54, 1.807) is 11.8 Å². The largest absolute Gasteiger partial charge is 0.326 e. The molecule has 0 radical (unpaired) electrons. The highest BCUT2D eigenvalue weighted by Crippen LogP contribution is 2.14. The van der Waals surface area contributed by atoms with Gasteiger partial charge in [-0.25, -0.2) is 17.5 Å². The second-order valence-corrected chi connectivity index (χ2v) is 6.45. The lowest BCUT2D eigenvalue weighted by Crippen LogP contribution is -2.25. The standard InChI is InChI=1S/C11H17FN2O2S2/c1-17-6-2-5-14-18(15,16)10-3-4-11(12)9(7-10)8-13/h3-4,7,14H,2,5-6,8,13H2,1H3. The van der Waals surface area contributed by atoms with Gasteiger partial charge in [-0.15, -0.1) is 0 Å². The predicted molar refractivity (Wildman–Crippen MR) is 72.5 cm³/mol. The molecular weight excluding hydrogens is 275 g/mol. The van der Waals surface area contributed by atoms with Crippen LogP contribution in [0, 0.1) is 5.82 Å². The van der Waals surface area contributed by atoms with Crippen LogP contribution in [-0.4, -0.2) is 27.0 Å². The summed E-state index contributed by atoms with van der Waals surface area (Å²) in [5.74, 6) is 0.402. The van der Waals surface area contributed by atoms with E-state index < -0.39 is 15.8 Å². The fourth-order valence-electron chi connectivity index (χ4n) is 1.38. The average Bonchev–Trinajstić information content (AvgIpc) is 2.35. The Morgan fingerprint density at radius 2 is 2.17 bits per heavy atom. The van der Waals surface area contributed by atoms with Crippen molar-refractivity contribution in [2.45, 2.75) is 17.9 Å². The Kier molecular flexibility index (Phi) is 6.07. The van der Waals surface area contributed by atoms with Crippen LogP contribution < -0.4 is 10.5 Å². The molecule has 0 aliphatic carbocycles. The van der Waals surface area contributed by atoms with Crippen LogP contribution in [0.1, 0.15) is 12.0 Å². The Hall–Kier alpha value is -0.630. The molecule has 0 aliphatic heterocycles. The first-order valence-corrected chi connectivity index (χ1v) is 8.36. The lowest BCUT2D eigenvalue weighted by atomic mass is 10.2. The molecular formula is C11H17FN2O2S2. The zero-order chi connectivity index (χ0) is 13.6. The van der Waals surface area contributed by atoms with E-state index in [2.05, 4.69) is 4.72 Å². The van der Waals surface area contributed by atoms with Gasteiger partial charge < -0.3 is 5.73 Å². The average molecular weight is 292 g/mol. The summed E-state index contributed by atoms with van der Waals surface area (Å²) >= 11 is 1.66. The first kappa shape index (κ1) is 15.4. The first-order valence-electron chi connectivity index (χ1n) is 5.48. The topological polar surface area (TPSA) is 72.2 Å². The van der Waals surface area contributed by atoms with Crippen LogP contribution in [0.25, 0.3) is 0 Å². The van der Waals surface area contributed by atoms with Gasteiger partial charge in [-0.05, 0) is 36.6 Å². The Morgan fingerprint density at radius 1 is 1.44 bits per heavy atom. The minimum absolute atomic E-state index is 0.0261. The van der Waals surface area contributed by atoms with Gasteiger partial charge in [0, 0.05) is 18.7 Å². The molecule has 18 heavy (non-hydrogen) atoms. The van der Waals surface area contributed by atoms with Crippen LogP contribution in [0.3, 0.4) is 0 Å². The van der Waals surface area contributed by atoms with Gasteiger partial charge in [-0.3, -0.25) is 0 Å². The molecule has 0 unspecified atom stereocenters. The molecule has 0 atom stereocenters. The molecule has 0 bridgehead atoms. The molecule has 0 fully saturated rings. The molecule has 1 rings (SSSR count). The van der Waals surface area contributed by atoms with Gasteiger partial charge in [-0.2, -0.15) is 11.8 Å². The van der Waals surface area contributed by atoms with Crippen LogP contribution in [0.2, 0.25) is 0 Å². The lowest BCUT2D eigenvalue weighted by molar-refractivity contribution is 0.579. The third-order valence-corrected chi connectivity index (χ3v) is 4.52. The zero-order valence-electron chi connectivity index (χ0n) is 10.1. The lowest BCUT2D eigenvalue weighted by Gasteiger charge is -2.08. The molecule has 0 spiro atoms. The summed E-state index contributed by atoms with van der Waals surface area (Å²) in [6.45, 7) is 0.347. The highest BCUT2D eigenvalue weighted by atomic mass is 32.2. The van der Waals surface area contributed by atoms with Crippen molar-refractivity contribution >= 4 is 21.8 Å². The molecule has 0 amide bonds. The number of nitrogens with two attached hydrogens (primary N) is 1. The zero-order valence-corrected chi connectivity index (χ0v) is 11.8. The van der Waals surface area contributed by atoms with Gasteiger partial charge in [0.15, 0.2) is 0 Å². The first-order chi connectivity index (χ1) is 8.51. The summed E-state index contributed by atoms with van der Waals surface area (Å²) in [7, 11) is -3.57. The number of sulfonamides is 1. The third kappa shape index (κ3) is 4.24. The quantitative estimate of drug-likeness (QED) is 0.743. The van der Waals surface area contributed by atoms with Crippen molar-refractivity contribution in [1.29, 1.82) is 0 Å². The van der Waals surface area contributed by atoms with E-state index in [9.17, 15) is 12.8 Å². The molecule has 7 heteroatoms. The second kappa shape index (κ2) is 7.08. The van der Waals surface area contributed by atoms with Gasteiger partial charge >= 0.3 is 0 Å². The van der Waals surface area contributed by atoms with Crippen molar-refractivity contribution < 1.29 is 12.8 Å². The van der Waals surface area contributed by atoms with E-state index in [1.165, 1.54) is 12.1 Å². The van der Waals surface area contributed by atoms with Crippen molar-refractivity contribution in [2.24, 2.45) is 5.73 Å². The van der Waals surface area contributed by atoms with Gasteiger partial charge in [0.05, 0.1) is 4.90 Å². The smallest absolute Gasteiger partial charge is 0.240 e. The van der Waals surface area contributed by atoms with E-state index >= 15 is 0 Å². The Balaban J connectivity index is 2.78. The molecule has 0 heterocycles. The molecule has 1 aromatic carbocycles. The van der Waals surface area contributed by atoms with Gasteiger partial charge in [0.1, 0.15) is 5.82 Å². The summed E-state index contributed by atoms with van der Waals surface area (Å²) in [6, 6.07) is 3.64. The van der Waals surface area contributed by atoms with E-state index in [-0.39, 0.29) is 17.0 Å². The van der Waals surface area contributed by atoms with Crippen molar-refractivity contribution in [3.8, 4) is 0 Å². The molecule has 4 nitrogen and oxygen atoms in total. The number of benzene rings is 1. The predicted octanol–water partition coefficient (Wildman–Crippen LogP) is 1.32. The number of halogens is 1. The minimum Gasteiger partial charge on any atom is -0.326 e.